The van der Waals surface area contributed by atoms with Crippen molar-refractivity contribution >= 4 is 27.4 Å². The van der Waals surface area contributed by atoms with Gasteiger partial charge < -0.3 is 5.11 Å². The van der Waals surface area contributed by atoms with Crippen LogP contribution in [0.15, 0.2) is 75.2 Å². The van der Waals surface area contributed by atoms with Crippen LogP contribution in [0.5, 0.6) is 0 Å². The zero-order valence-corrected chi connectivity index (χ0v) is 12.9. The first-order valence-electron chi connectivity index (χ1n) is 6.23. The highest BCUT2D eigenvalue weighted by Crippen LogP contribution is 2.18. The number of aliphatic hydroxyl groups is 1. The second kappa shape index (κ2) is 6.95. The van der Waals surface area contributed by atoms with Gasteiger partial charge in [-0.2, -0.15) is 5.11 Å². The van der Waals surface area contributed by atoms with Crippen molar-refractivity contribution in [3.63, 3.8) is 0 Å². The number of carbonyl (C=O) groups excluding carboxylic acids is 1. The fourth-order valence-corrected chi connectivity index (χ4v) is 1.95. The van der Waals surface area contributed by atoms with Gasteiger partial charge in [0.1, 0.15) is 6.26 Å². The number of rotatable bonds is 4. The quantitative estimate of drug-likeness (QED) is 0.362. The average molecular weight is 345 g/mol. The minimum absolute atomic E-state index is 0.112. The number of aliphatic hydroxyl groups excluding tert-OH is 1. The molecular weight excluding hydrogens is 332 g/mol. The monoisotopic (exact) mass is 344 g/mol. The Kier molecular flexibility index (Phi) is 5.00. The zero-order valence-electron chi connectivity index (χ0n) is 11.3. The largest absolute Gasteiger partial charge is 0.513 e. The van der Waals surface area contributed by atoms with Gasteiger partial charge in [0, 0.05) is 10.0 Å². The van der Waals surface area contributed by atoms with E-state index in [9.17, 15) is 9.90 Å². The number of allylic oxidation sites excluding steroid dienone is 1. The molecule has 106 valence electrons. The molecule has 0 heterocycles. The number of benzene rings is 2. The topological polar surface area (TPSA) is 62.0 Å². The first-order chi connectivity index (χ1) is 10.1. The van der Waals surface area contributed by atoms with E-state index in [0.717, 1.165) is 10.0 Å². The van der Waals surface area contributed by atoms with E-state index in [2.05, 4.69) is 26.2 Å². The third-order valence-electron chi connectivity index (χ3n) is 2.74. The number of hydrogen-bond donors (Lipinski definition) is 1. The lowest BCUT2D eigenvalue weighted by molar-refractivity contribution is 0.102. The number of azo groups is 1. The van der Waals surface area contributed by atoms with E-state index < -0.39 is 0 Å². The summed E-state index contributed by atoms with van der Waals surface area (Å²) >= 11 is 3.30. The van der Waals surface area contributed by atoms with Crippen LogP contribution in [0.4, 0.5) is 5.69 Å². The molecule has 2 aromatic rings. The first kappa shape index (κ1) is 15.1. The van der Waals surface area contributed by atoms with Crippen molar-refractivity contribution in [3.8, 4) is 0 Å². The van der Waals surface area contributed by atoms with Gasteiger partial charge in [0.15, 0.2) is 5.70 Å². The van der Waals surface area contributed by atoms with Crippen LogP contribution in [-0.4, -0.2) is 10.9 Å². The highest BCUT2D eigenvalue weighted by Gasteiger charge is 2.12. The minimum atomic E-state index is -0.388. The molecule has 0 aromatic heterocycles. The summed E-state index contributed by atoms with van der Waals surface area (Å²) in [5, 5.41) is 17.0. The predicted molar refractivity (Wildman–Crippen MR) is 84.9 cm³/mol. The molecule has 0 saturated heterocycles. The number of hydrogen-bond acceptors (Lipinski definition) is 4. The normalized spacial score (nSPS) is 11.8. The van der Waals surface area contributed by atoms with Gasteiger partial charge in [0.2, 0.25) is 5.78 Å². The van der Waals surface area contributed by atoms with Gasteiger partial charge in [-0.3, -0.25) is 4.79 Å². The van der Waals surface area contributed by atoms with Crippen molar-refractivity contribution in [1.82, 2.24) is 0 Å². The molecule has 0 fully saturated rings. The second-order valence-electron chi connectivity index (χ2n) is 4.39. The molecule has 0 aliphatic rings. The maximum atomic E-state index is 12.2. The van der Waals surface area contributed by atoms with Crippen LogP contribution in [0.25, 0.3) is 0 Å². The maximum Gasteiger partial charge on any atom is 0.216 e. The Bertz CT molecular complexity index is 706. The van der Waals surface area contributed by atoms with Gasteiger partial charge in [-0.1, -0.05) is 28.1 Å². The molecule has 4 nitrogen and oxygen atoms in total. The molecule has 0 aliphatic heterocycles. The number of aryl methyl sites for hydroxylation is 1. The van der Waals surface area contributed by atoms with E-state index in [-0.39, 0.29) is 11.5 Å². The van der Waals surface area contributed by atoms with E-state index >= 15 is 0 Å². The van der Waals surface area contributed by atoms with E-state index in [1.807, 2.05) is 25.1 Å². The highest BCUT2D eigenvalue weighted by atomic mass is 79.9. The Hall–Kier alpha value is -2.27. The van der Waals surface area contributed by atoms with Crippen molar-refractivity contribution < 1.29 is 9.90 Å². The predicted octanol–water partition coefficient (Wildman–Crippen LogP) is 5.12. The smallest absolute Gasteiger partial charge is 0.216 e. The molecule has 0 amide bonds. The molecule has 21 heavy (non-hydrogen) atoms. The highest BCUT2D eigenvalue weighted by molar-refractivity contribution is 9.10. The van der Waals surface area contributed by atoms with Gasteiger partial charge in [-0.25, -0.2) is 0 Å². The summed E-state index contributed by atoms with van der Waals surface area (Å²) < 4.78 is 0.870. The van der Waals surface area contributed by atoms with Gasteiger partial charge in [0.25, 0.3) is 0 Å². The Morgan fingerprint density at radius 1 is 1.19 bits per heavy atom. The second-order valence-corrected chi connectivity index (χ2v) is 5.31. The van der Waals surface area contributed by atoms with Crippen LogP contribution in [-0.2, 0) is 0 Å². The number of nitrogens with zero attached hydrogens (tertiary/aromatic N) is 2. The molecule has 0 aliphatic carbocycles. The summed E-state index contributed by atoms with van der Waals surface area (Å²) in [5.74, 6) is -0.388. The van der Waals surface area contributed by atoms with Gasteiger partial charge >= 0.3 is 0 Å². The van der Waals surface area contributed by atoms with E-state index in [1.54, 1.807) is 30.3 Å². The average Bonchev–Trinajstić information content (AvgIpc) is 2.48. The molecule has 1 N–H and O–H groups in total. The lowest BCUT2D eigenvalue weighted by atomic mass is 10.1. The Morgan fingerprint density at radius 2 is 1.90 bits per heavy atom. The third-order valence-corrected chi connectivity index (χ3v) is 3.26. The molecular formula is C16H13BrN2O2. The maximum absolute atomic E-state index is 12.2. The van der Waals surface area contributed by atoms with Gasteiger partial charge in [-0.05, 0) is 48.9 Å². The van der Waals surface area contributed by atoms with Crippen molar-refractivity contribution in [2.24, 2.45) is 10.2 Å². The molecule has 0 saturated carbocycles. The van der Waals surface area contributed by atoms with Crippen molar-refractivity contribution in [2.45, 2.75) is 6.92 Å². The van der Waals surface area contributed by atoms with Gasteiger partial charge in [-0.15, -0.1) is 5.11 Å². The van der Waals surface area contributed by atoms with Crippen LogP contribution in [0.3, 0.4) is 0 Å². The van der Waals surface area contributed by atoms with E-state index in [4.69, 9.17) is 0 Å². The molecule has 0 unspecified atom stereocenters. The van der Waals surface area contributed by atoms with E-state index in [1.165, 1.54) is 0 Å². The van der Waals surface area contributed by atoms with E-state index in [0.29, 0.717) is 17.5 Å². The van der Waals surface area contributed by atoms with Gasteiger partial charge in [0.05, 0.1) is 5.69 Å². The number of halogens is 1. The number of Topliss-reactive ketones (excluding diaryl/α,β-unsaturated/α-hetero) is 1. The van der Waals surface area contributed by atoms with Crippen LogP contribution in [0, 0.1) is 6.92 Å². The Balaban J connectivity index is 2.20. The Labute approximate surface area is 131 Å². The Morgan fingerprint density at radius 3 is 2.52 bits per heavy atom. The fraction of sp³-hybridized carbons (Fsp3) is 0.0625. The molecule has 0 bridgehead atoms. The molecule has 2 aromatic carbocycles. The summed E-state index contributed by atoms with van der Waals surface area (Å²) in [6, 6.07) is 14.2. The minimum Gasteiger partial charge on any atom is -0.513 e. The number of ketones is 1. The molecule has 0 spiro atoms. The third kappa shape index (κ3) is 4.10. The standard InChI is InChI=1S/C16H13BrN2O2/c1-11-3-2-4-14(9-11)18-19-15(10-20)16(21)12-5-7-13(17)8-6-12/h2-10,20H,1H3/b15-10-,19-18?. The summed E-state index contributed by atoms with van der Waals surface area (Å²) in [5.41, 5.74) is 1.98. The molecule has 0 radical (unpaired) electrons. The van der Waals surface area contributed by atoms with Crippen LogP contribution >= 0.6 is 15.9 Å². The SMILES string of the molecule is Cc1cccc(N=N/C(=C\O)C(=O)c2ccc(Br)cc2)c1. The molecule has 5 heteroatoms. The lowest BCUT2D eigenvalue weighted by Gasteiger charge is -2.00. The number of carbonyl (C=O) groups is 1. The summed E-state index contributed by atoms with van der Waals surface area (Å²) in [7, 11) is 0. The fourth-order valence-electron chi connectivity index (χ4n) is 1.68. The van der Waals surface area contributed by atoms with Crippen LogP contribution in [0.1, 0.15) is 15.9 Å². The van der Waals surface area contributed by atoms with Crippen LogP contribution in [0.2, 0.25) is 0 Å². The zero-order chi connectivity index (χ0) is 15.2. The van der Waals surface area contributed by atoms with Crippen molar-refractivity contribution in [2.75, 3.05) is 0 Å². The summed E-state index contributed by atoms with van der Waals surface area (Å²) in [6.45, 7) is 1.94. The molecule has 2 rings (SSSR count). The van der Waals surface area contributed by atoms with Crippen LogP contribution < -0.4 is 0 Å². The molecule has 0 atom stereocenters. The summed E-state index contributed by atoms with van der Waals surface area (Å²) in [4.78, 5) is 12.2. The van der Waals surface area contributed by atoms with Crippen molar-refractivity contribution in [1.29, 1.82) is 0 Å². The first-order valence-corrected chi connectivity index (χ1v) is 7.02. The lowest BCUT2D eigenvalue weighted by Crippen LogP contribution is -2.01. The van der Waals surface area contributed by atoms with Crippen molar-refractivity contribution in [3.05, 3.63) is 76.1 Å². The summed E-state index contributed by atoms with van der Waals surface area (Å²) in [6.07, 6.45) is 0.670.